The molecule has 0 aliphatic carbocycles. The van der Waals surface area contributed by atoms with E-state index in [2.05, 4.69) is 82.1 Å². The van der Waals surface area contributed by atoms with Crippen LogP contribution in [0.25, 0.3) is 11.0 Å². The second-order valence-electron chi connectivity index (χ2n) is 7.85. The van der Waals surface area contributed by atoms with Crippen LogP contribution in [0.1, 0.15) is 23.2 Å². The molecule has 0 N–H and O–H groups in total. The quantitative estimate of drug-likeness (QED) is 0.382. The van der Waals surface area contributed by atoms with Gasteiger partial charge in [-0.25, -0.2) is 4.68 Å². The van der Waals surface area contributed by atoms with E-state index in [-0.39, 0.29) is 12.1 Å². The van der Waals surface area contributed by atoms with Crippen molar-refractivity contribution in [1.82, 2.24) is 15.0 Å². The maximum atomic E-state index is 5.19. The Morgan fingerprint density at radius 1 is 0.594 bits per heavy atom. The molecule has 0 saturated carbocycles. The van der Waals surface area contributed by atoms with Crippen molar-refractivity contribution in [1.29, 1.82) is 0 Å². The summed E-state index contributed by atoms with van der Waals surface area (Å²) in [5, 5.41) is 16.4. The first-order chi connectivity index (χ1) is 15.9. The Morgan fingerprint density at radius 2 is 1.22 bits per heavy atom. The summed E-state index contributed by atoms with van der Waals surface area (Å²) in [6.07, 6.45) is 0. The van der Waals surface area contributed by atoms with E-state index in [0.717, 1.165) is 28.0 Å². The van der Waals surface area contributed by atoms with Gasteiger partial charge < -0.3 is 0 Å². The van der Waals surface area contributed by atoms with Crippen molar-refractivity contribution < 1.29 is 0 Å². The van der Waals surface area contributed by atoms with Crippen LogP contribution in [0.2, 0.25) is 0 Å². The van der Waals surface area contributed by atoms with Crippen molar-refractivity contribution in [3.05, 3.63) is 126 Å². The van der Waals surface area contributed by atoms with Gasteiger partial charge in [-0.1, -0.05) is 96.2 Å². The summed E-state index contributed by atoms with van der Waals surface area (Å²) < 4.78 is 2.03. The summed E-state index contributed by atoms with van der Waals surface area (Å²) >= 11 is 0. The van der Waals surface area contributed by atoms with Gasteiger partial charge in [-0.05, 0) is 29.8 Å². The van der Waals surface area contributed by atoms with E-state index in [0.29, 0.717) is 0 Å². The van der Waals surface area contributed by atoms with Crippen LogP contribution >= 0.6 is 0 Å². The number of para-hydroxylation sites is 2. The average Bonchev–Trinajstić information content (AvgIpc) is 3.47. The van der Waals surface area contributed by atoms with Crippen molar-refractivity contribution in [3.8, 4) is 0 Å². The number of rotatable bonds is 4. The fraction of sp³-hybridized carbons (Fsp3) is 0.0741. The molecule has 0 amide bonds. The minimum Gasteiger partial charge on any atom is -0.255 e. The van der Waals surface area contributed by atoms with Crippen LogP contribution in [0.3, 0.4) is 0 Å². The van der Waals surface area contributed by atoms with Crippen molar-refractivity contribution in [2.45, 2.75) is 12.1 Å². The first kappa shape index (κ1) is 18.5. The largest absolute Gasteiger partial charge is 0.255 e. The number of hydrogen-bond acceptors (Lipinski definition) is 4. The molecule has 5 nitrogen and oxygen atoms in total. The molecule has 0 fully saturated rings. The van der Waals surface area contributed by atoms with Gasteiger partial charge in [0.05, 0.1) is 16.9 Å². The third-order valence-corrected chi connectivity index (χ3v) is 5.93. The zero-order valence-corrected chi connectivity index (χ0v) is 17.4. The smallest absolute Gasteiger partial charge is 0.125 e. The zero-order chi connectivity index (χ0) is 21.3. The predicted octanol–water partition coefficient (Wildman–Crippen LogP) is 5.64. The molecular weight excluding hydrogens is 394 g/mol. The van der Waals surface area contributed by atoms with Gasteiger partial charge in [-0.3, -0.25) is 5.01 Å². The number of benzene rings is 4. The van der Waals surface area contributed by atoms with Crippen LogP contribution in [0.4, 0.5) is 5.69 Å². The predicted molar refractivity (Wildman–Crippen MR) is 128 cm³/mol. The summed E-state index contributed by atoms with van der Waals surface area (Å²) in [7, 11) is 0. The Bertz CT molecular complexity index is 1380. The lowest BCUT2D eigenvalue weighted by Crippen LogP contribution is -2.29. The topological polar surface area (TPSA) is 46.3 Å². The summed E-state index contributed by atoms with van der Waals surface area (Å²) in [5.41, 5.74) is 6.15. The Labute approximate surface area is 186 Å². The van der Waals surface area contributed by atoms with Gasteiger partial charge in [0, 0.05) is 5.56 Å². The number of hydrazone groups is 1. The molecule has 0 bridgehead atoms. The van der Waals surface area contributed by atoms with Crippen molar-refractivity contribution >= 4 is 22.4 Å². The highest BCUT2D eigenvalue weighted by atomic mass is 15.5. The van der Waals surface area contributed by atoms with Gasteiger partial charge >= 0.3 is 0 Å². The molecule has 32 heavy (non-hydrogen) atoms. The highest BCUT2D eigenvalue weighted by molar-refractivity contribution is 6.06. The molecule has 5 aromatic rings. The lowest BCUT2D eigenvalue weighted by molar-refractivity contribution is 0.485. The van der Waals surface area contributed by atoms with E-state index in [9.17, 15) is 0 Å². The molecule has 1 aliphatic heterocycles. The zero-order valence-electron chi connectivity index (χ0n) is 17.4. The molecule has 0 saturated heterocycles. The average molecular weight is 416 g/mol. The van der Waals surface area contributed by atoms with E-state index in [1.54, 1.807) is 0 Å². The van der Waals surface area contributed by atoms with Crippen LogP contribution in [-0.4, -0.2) is 20.7 Å². The van der Waals surface area contributed by atoms with E-state index < -0.39 is 0 Å². The van der Waals surface area contributed by atoms with Crippen molar-refractivity contribution in [2.24, 2.45) is 5.10 Å². The Balaban J connectivity index is 1.61. The normalized spacial score (nSPS) is 18.1. The first-order valence-electron chi connectivity index (χ1n) is 10.7. The molecule has 2 atom stereocenters. The van der Waals surface area contributed by atoms with E-state index in [1.807, 2.05) is 53.2 Å². The monoisotopic (exact) mass is 415 g/mol. The second kappa shape index (κ2) is 7.78. The Morgan fingerprint density at radius 3 is 1.97 bits per heavy atom. The van der Waals surface area contributed by atoms with Crippen LogP contribution in [0.15, 0.2) is 120 Å². The third-order valence-electron chi connectivity index (χ3n) is 5.93. The van der Waals surface area contributed by atoms with Gasteiger partial charge in [-0.15, -0.1) is 5.10 Å². The summed E-state index contributed by atoms with van der Waals surface area (Å²) in [5.74, 6) is 0. The summed E-state index contributed by atoms with van der Waals surface area (Å²) in [6, 6.07) is 39.1. The molecule has 0 spiro atoms. The van der Waals surface area contributed by atoms with Crippen molar-refractivity contribution in [2.75, 3.05) is 5.01 Å². The molecule has 2 heterocycles. The molecule has 6 rings (SSSR count). The van der Waals surface area contributed by atoms with Crippen LogP contribution in [0.5, 0.6) is 0 Å². The fourth-order valence-electron chi connectivity index (χ4n) is 4.47. The van der Waals surface area contributed by atoms with E-state index >= 15 is 0 Å². The van der Waals surface area contributed by atoms with E-state index in [1.165, 1.54) is 5.56 Å². The number of aromatic nitrogens is 3. The summed E-state index contributed by atoms with van der Waals surface area (Å²) in [6.45, 7) is 0. The first-order valence-corrected chi connectivity index (χ1v) is 10.7. The SMILES string of the molecule is c1ccc(C2=NN(c3ccccc3)C(c3ccccc3)C2n2nnc3ccccc32)cc1. The number of nitrogens with zero attached hydrogens (tertiary/aromatic N) is 5. The molecule has 5 heteroatoms. The van der Waals surface area contributed by atoms with Gasteiger partial charge in [0.25, 0.3) is 0 Å². The lowest BCUT2D eigenvalue weighted by atomic mass is 9.92. The molecule has 0 radical (unpaired) electrons. The van der Waals surface area contributed by atoms with Gasteiger partial charge in [0.2, 0.25) is 0 Å². The number of fused-ring (bicyclic) bond motifs is 1. The van der Waals surface area contributed by atoms with Crippen LogP contribution in [-0.2, 0) is 0 Å². The van der Waals surface area contributed by atoms with Crippen LogP contribution < -0.4 is 5.01 Å². The molecule has 154 valence electrons. The van der Waals surface area contributed by atoms with Crippen molar-refractivity contribution in [3.63, 3.8) is 0 Å². The molecule has 2 unspecified atom stereocenters. The van der Waals surface area contributed by atoms with Gasteiger partial charge in [-0.2, -0.15) is 5.10 Å². The Kier molecular flexibility index (Phi) is 4.50. The van der Waals surface area contributed by atoms with Gasteiger partial charge in [0.15, 0.2) is 0 Å². The maximum absolute atomic E-state index is 5.19. The lowest BCUT2D eigenvalue weighted by Gasteiger charge is -2.28. The molecule has 4 aromatic carbocycles. The fourth-order valence-corrected chi connectivity index (χ4v) is 4.47. The van der Waals surface area contributed by atoms with Gasteiger partial charge in [0.1, 0.15) is 17.6 Å². The standard InChI is InChI=1S/C27H21N5/c1-4-12-20(13-5-1)25-27(32-24-19-11-10-18-23(24)28-30-32)26(21-14-6-2-7-15-21)31(29-25)22-16-8-3-9-17-22/h1-19,26-27H. The second-order valence-corrected chi connectivity index (χ2v) is 7.85. The number of anilines is 1. The number of hydrogen-bond donors (Lipinski definition) is 0. The molecular formula is C27H21N5. The Hall–Kier alpha value is -4.25. The third kappa shape index (κ3) is 3.06. The minimum atomic E-state index is -0.146. The summed E-state index contributed by atoms with van der Waals surface area (Å²) in [4.78, 5) is 0. The highest BCUT2D eigenvalue weighted by Gasteiger charge is 2.42. The molecule has 1 aliphatic rings. The maximum Gasteiger partial charge on any atom is 0.125 e. The molecule has 1 aromatic heterocycles. The van der Waals surface area contributed by atoms with Crippen LogP contribution in [0, 0.1) is 0 Å². The minimum absolute atomic E-state index is 0.0705. The highest BCUT2D eigenvalue weighted by Crippen LogP contribution is 2.43. The van der Waals surface area contributed by atoms with E-state index in [4.69, 9.17) is 5.10 Å².